The van der Waals surface area contributed by atoms with Gasteiger partial charge in [-0.25, -0.2) is 4.79 Å². The van der Waals surface area contributed by atoms with E-state index < -0.39 is 23.2 Å². The van der Waals surface area contributed by atoms with Crippen molar-refractivity contribution in [3.05, 3.63) is 53.1 Å². The lowest BCUT2D eigenvalue weighted by Crippen LogP contribution is -2.36. The molecule has 134 valence electrons. The molecule has 0 fully saturated rings. The SMILES string of the molecule is CC1(C)CC(=O)c2cc(C(=O)Nc3ccc(O)c(C(=O)O)c3)ccc2O1. The lowest BCUT2D eigenvalue weighted by molar-refractivity contribution is 0.0618. The Hall–Kier alpha value is -3.35. The van der Waals surface area contributed by atoms with Crippen molar-refractivity contribution >= 4 is 23.3 Å². The summed E-state index contributed by atoms with van der Waals surface area (Å²) in [6, 6.07) is 8.29. The van der Waals surface area contributed by atoms with E-state index in [-0.39, 0.29) is 29.0 Å². The predicted molar refractivity (Wildman–Crippen MR) is 93.1 cm³/mol. The quantitative estimate of drug-likeness (QED) is 0.729. The number of hydrogen-bond donors (Lipinski definition) is 3. The van der Waals surface area contributed by atoms with Gasteiger partial charge in [0.25, 0.3) is 5.91 Å². The Labute approximate surface area is 149 Å². The summed E-state index contributed by atoms with van der Waals surface area (Å²) < 4.78 is 5.75. The maximum Gasteiger partial charge on any atom is 0.339 e. The van der Waals surface area contributed by atoms with Gasteiger partial charge in [0.15, 0.2) is 5.78 Å². The molecule has 2 aromatic carbocycles. The summed E-state index contributed by atoms with van der Waals surface area (Å²) in [5.41, 5.74) is -0.113. The van der Waals surface area contributed by atoms with Crippen LogP contribution >= 0.6 is 0 Å². The van der Waals surface area contributed by atoms with Gasteiger partial charge in [0.1, 0.15) is 22.7 Å². The highest BCUT2D eigenvalue weighted by Gasteiger charge is 2.32. The van der Waals surface area contributed by atoms with Crippen LogP contribution in [0.2, 0.25) is 0 Å². The van der Waals surface area contributed by atoms with Gasteiger partial charge in [-0.1, -0.05) is 0 Å². The molecular weight excluding hydrogens is 338 g/mol. The van der Waals surface area contributed by atoms with Crippen molar-refractivity contribution in [2.24, 2.45) is 0 Å². The van der Waals surface area contributed by atoms with Crippen LogP contribution in [-0.4, -0.2) is 33.5 Å². The number of ketones is 1. The molecule has 0 aliphatic carbocycles. The molecule has 0 atom stereocenters. The van der Waals surface area contributed by atoms with E-state index in [4.69, 9.17) is 9.84 Å². The number of aromatic hydroxyl groups is 1. The van der Waals surface area contributed by atoms with Crippen LogP contribution in [0.3, 0.4) is 0 Å². The fraction of sp³-hybridized carbons (Fsp3) is 0.211. The number of benzene rings is 2. The second-order valence-electron chi connectivity index (χ2n) is 6.66. The van der Waals surface area contributed by atoms with Crippen LogP contribution in [0.15, 0.2) is 36.4 Å². The Kier molecular flexibility index (Phi) is 4.15. The molecule has 0 bridgehead atoms. The second kappa shape index (κ2) is 6.18. The van der Waals surface area contributed by atoms with E-state index in [1.54, 1.807) is 6.07 Å². The highest BCUT2D eigenvalue weighted by atomic mass is 16.5. The first-order chi connectivity index (χ1) is 12.2. The van der Waals surface area contributed by atoms with E-state index in [9.17, 15) is 19.5 Å². The molecule has 0 radical (unpaired) electrons. The van der Waals surface area contributed by atoms with E-state index >= 15 is 0 Å². The lowest BCUT2D eigenvalue weighted by Gasteiger charge is -2.31. The van der Waals surface area contributed by atoms with E-state index in [1.807, 2.05) is 13.8 Å². The summed E-state index contributed by atoms with van der Waals surface area (Å²) in [6.07, 6.45) is 0.213. The van der Waals surface area contributed by atoms with Crippen molar-refractivity contribution in [1.82, 2.24) is 0 Å². The predicted octanol–water partition coefficient (Wildman–Crippen LogP) is 3.09. The normalized spacial score (nSPS) is 14.9. The third-order valence-corrected chi connectivity index (χ3v) is 4.00. The minimum Gasteiger partial charge on any atom is -0.507 e. The smallest absolute Gasteiger partial charge is 0.339 e. The van der Waals surface area contributed by atoms with Crippen LogP contribution in [0.1, 0.15) is 51.3 Å². The number of rotatable bonds is 3. The molecule has 1 aliphatic rings. The van der Waals surface area contributed by atoms with E-state index in [0.717, 1.165) is 6.07 Å². The first-order valence-corrected chi connectivity index (χ1v) is 7.90. The molecule has 1 aliphatic heterocycles. The van der Waals surface area contributed by atoms with Crippen LogP contribution in [0.25, 0.3) is 0 Å². The number of carboxylic acids is 1. The van der Waals surface area contributed by atoms with Crippen molar-refractivity contribution in [3.63, 3.8) is 0 Å². The molecule has 0 aromatic heterocycles. The van der Waals surface area contributed by atoms with Gasteiger partial charge >= 0.3 is 5.97 Å². The molecule has 7 heteroatoms. The fourth-order valence-electron chi connectivity index (χ4n) is 2.78. The van der Waals surface area contributed by atoms with Crippen LogP contribution in [0, 0.1) is 0 Å². The zero-order valence-corrected chi connectivity index (χ0v) is 14.2. The number of phenols is 1. The van der Waals surface area contributed by atoms with Gasteiger partial charge in [-0.2, -0.15) is 0 Å². The van der Waals surface area contributed by atoms with Gasteiger partial charge in [-0.3, -0.25) is 9.59 Å². The van der Waals surface area contributed by atoms with Crippen LogP contribution in [0.5, 0.6) is 11.5 Å². The van der Waals surface area contributed by atoms with Crippen molar-refractivity contribution in [2.75, 3.05) is 5.32 Å². The number of carbonyl (C=O) groups is 3. The molecule has 0 spiro atoms. The molecule has 1 heterocycles. The van der Waals surface area contributed by atoms with Gasteiger partial charge in [-0.05, 0) is 50.2 Å². The van der Waals surface area contributed by atoms with Crippen LogP contribution < -0.4 is 10.1 Å². The summed E-state index contributed by atoms with van der Waals surface area (Å²) in [5, 5.41) is 21.1. The first kappa shape index (κ1) is 17.5. The maximum atomic E-state index is 12.4. The molecular formula is C19H17NO6. The third-order valence-electron chi connectivity index (χ3n) is 4.00. The summed E-state index contributed by atoms with van der Waals surface area (Å²) in [4.78, 5) is 35.8. The van der Waals surface area contributed by atoms with E-state index in [0.29, 0.717) is 11.3 Å². The Morgan fingerprint density at radius 2 is 1.88 bits per heavy atom. The number of carboxylic acid groups (broad SMARTS) is 1. The van der Waals surface area contributed by atoms with Gasteiger partial charge in [0, 0.05) is 11.3 Å². The van der Waals surface area contributed by atoms with Gasteiger partial charge in [0.05, 0.1) is 12.0 Å². The van der Waals surface area contributed by atoms with Crippen molar-refractivity contribution in [3.8, 4) is 11.5 Å². The molecule has 26 heavy (non-hydrogen) atoms. The lowest BCUT2D eigenvalue weighted by atomic mass is 9.92. The number of ether oxygens (including phenoxy) is 1. The molecule has 7 nitrogen and oxygen atoms in total. The van der Waals surface area contributed by atoms with Crippen LogP contribution in [-0.2, 0) is 0 Å². The number of hydrogen-bond acceptors (Lipinski definition) is 5. The number of carbonyl (C=O) groups excluding carboxylic acids is 2. The maximum absolute atomic E-state index is 12.4. The van der Waals surface area contributed by atoms with Gasteiger partial charge in [0.2, 0.25) is 0 Å². The van der Waals surface area contributed by atoms with Gasteiger partial charge < -0.3 is 20.3 Å². The largest absolute Gasteiger partial charge is 0.507 e. The highest BCUT2D eigenvalue weighted by Crippen LogP contribution is 2.33. The van der Waals surface area contributed by atoms with Gasteiger partial charge in [-0.15, -0.1) is 0 Å². The summed E-state index contributed by atoms with van der Waals surface area (Å²) >= 11 is 0. The van der Waals surface area contributed by atoms with Crippen LogP contribution in [0.4, 0.5) is 5.69 Å². The fourth-order valence-corrected chi connectivity index (χ4v) is 2.78. The summed E-state index contributed by atoms with van der Waals surface area (Å²) in [7, 11) is 0. The van der Waals surface area contributed by atoms with E-state index in [2.05, 4.69) is 5.32 Å². The Balaban J connectivity index is 1.86. The standard InChI is InChI=1S/C19H17NO6/c1-19(2)9-15(22)12-7-10(3-6-16(12)26-19)17(23)20-11-4-5-14(21)13(8-11)18(24)25/h3-8,21H,9H2,1-2H3,(H,20,23)(H,24,25). The Bertz CT molecular complexity index is 932. The summed E-state index contributed by atoms with van der Waals surface area (Å²) in [6.45, 7) is 3.64. The molecule has 2 aromatic rings. The first-order valence-electron chi connectivity index (χ1n) is 7.90. The number of Topliss-reactive ketones (excluding diaryl/α,β-unsaturated/α-hetero) is 1. The number of fused-ring (bicyclic) bond motifs is 1. The molecule has 3 N–H and O–H groups in total. The number of amides is 1. The third kappa shape index (κ3) is 3.37. The van der Waals surface area contributed by atoms with Crippen molar-refractivity contribution in [2.45, 2.75) is 25.9 Å². The van der Waals surface area contributed by atoms with E-state index in [1.165, 1.54) is 24.3 Å². The zero-order valence-electron chi connectivity index (χ0n) is 14.2. The molecule has 0 unspecified atom stereocenters. The molecule has 3 rings (SSSR count). The topological polar surface area (TPSA) is 113 Å². The average molecular weight is 355 g/mol. The molecule has 0 saturated heterocycles. The Morgan fingerprint density at radius 3 is 2.58 bits per heavy atom. The monoisotopic (exact) mass is 355 g/mol. The number of anilines is 1. The number of nitrogens with one attached hydrogen (secondary N) is 1. The van der Waals surface area contributed by atoms with Crippen molar-refractivity contribution in [1.29, 1.82) is 0 Å². The zero-order chi connectivity index (χ0) is 19.1. The minimum atomic E-state index is -1.31. The molecule has 0 saturated carbocycles. The minimum absolute atomic E-state index is 0.108. The second-order valence-corrected chi connectivity index (χ2v) is 6.66. The Morgan fingerprint density at radius 1 is 1.15 bits per heavy atom. The molecule has 1 amide bonds. The summed E-state index contributed by atoms with van der Waals surface area (Å²) in [5.74, 6) is -1.89. The number of aromatic carboxylic acids is 1. The average Bonchev–Trinajstić information content (AvgIpc) is 2.55. The van der Waals surface area contributed by atoms with Crippen molar-refractivity contribution < 1.29 is 29.3 Å². The highest BCUT2D eigenvalue weighted by molar-refractivity contribution is 6.08.